The van der Waals surface area contributed by atoms with Crippen LogP contribution in [0.15, 0.2) is 24.3 Å². The number of carbonyl (C=O) groups is 1. The van der Waals surface area contributed by atoms with Gasteiger partial charge in [-0.2, -0.15) is 0 Å². The number of hydrogen-bond acceptors (Lipinski definition) is 3. The molecule has 0 N–H and O–H groups in total. The van der Waals surface area contributed by atoms with E-state index in [0.29, 0.717) is 10.8 Å². The van der Waals surface area contributed by atoms with Crippen molar-refractivity contribution in [2.24, 2.45) is 0 Å². The molecule has 1 aromatic carbocycles. The average Bonchev–Trinajstić information content (AvgIpc) is 2.48. The van der Waals surface area contributed by atoms with E-state index in [-0.39, 0.29) is 11.4 Å². The molecule has 1 amide bonds. The van der Waals surface area contributed by atoms with E-state index in [1.807, 2.05) is 18.7 Å². The summed E-state index contributed by atoms with van der Waals surface area (Å²) in [5.74, 6) is 0.682. The molecule has 1 heterocycles. The molecule has 4 nitrogen and oxygen atoms in total. The maximum atomic E-state index is 12.8. The third-order valence-corrected chi connectivity index (χ3v) is 4.47. The monoisotopic (exact) mass is 338 g/mol. The van der Waals surface area contributed by atoms with Crippen molar-refractivity contribution in [3.63, 3.8) is 0 Å². The van der Waals surface area contributed by atoms with E-state index >= 15 is 0 Å². The number of piperazine rings is 1. The van der Waals surface area contributed by atoms with Gasteiger partial charge in [0.15, 0.2) is 5.60 Å². The first-order valence-corrected chi connectivity index (χ1v) is 8.46. The summed E-state index contributed by atoms with van der Waals surface area (Å²) >= 11 is 5.88. The number of carbonyl (C=O) groups excluding carboxylic acids is 1. The van der Waals surface area contributed by atoms with Gasteiger partial charge in [0.05, 0.1) is 0 Å². The lowest BCUT2D eigenvalue weighted by molar-refractivity contribution is -0.148. The molecule has 1 aromatic rings. The van der Waals surface area contributed by atoms with E-state index in [1.165, 1.54) is 0 Å². The number of nitrogens with zero attached hydrogens (tertiary/aromatic N) is 2. The lowest BCUT2D eigenvalue weighted by atomic mass is 10.0. The van der Waals surface area contributed by atoms with Crippen molar-refractivity contribution in [2.75, 3.05) is 26.2 Å². The smallest absolute Gasteiger partial charge is 0.266 e. The molecular formula is C18H27ClN2O2. The van der Waals surface area contributed by atoms with Gasteiger partial charge in [-0.3, -0.25) is 9.69 Å². The Morgan fingerprint density at radius 2 is 1.52 bits per heavy atom. The zero-order valence-corrected chi connectivity index (χ0v) is 15.5. The van der Waals surface area contributed by atoms with Gasteiger partial charge in [-0.25, -0.2) is 0 Å². The molecule has 0 unspecified atom stereocenters. The topological polar surface area (TPSA) is 32.8 Å². The minimum absolute atomic E-state index is 0.0287. The number of benzene rings is 1. The first-order valence-electron chi connectivity index (χ1n) is 8.08. The largest absolute Gasteiger partial charge is 0.478 e. The molecule has 23 heavy (non-hydrogen) atoms. The molecule has 1 fully saturated rings. The zero-order valence-electron chi connectivity index (χ0n) is 14.7. The van der Waals surface area contributed by atoms with Crippen LogP contribution in [0.25, 0.3) is 0 Å². The van der Waals surface area contributed by atoms with Crippen molar-refractivity contribution in [3.05, 3.63) is 29.3 Å². The van der Waals surface area contributed by atoms with Crippen LogP contribution in [0.3, 0.4) is 0 Å². The van der Waals surface area contributed by atoms with Crippen LogP contribution >= 0.6 is 11.6 Å². The van der Waals surface area contributed by atoms with Gasteiger partial charge in [-0.15, -0.1) is 0 Å². The first kappa shape index (κ1) is 18.1. The third-order valence-electron chi connectivity index (χ3n) is 4.22. The van der Waals surface area contributed by atoms with E-state index in [4.69, 9.17) is 16.3 Å². The Bertz CT molecular complexity index is 541. The summed E-state index contributed by atoms with van der Waals surface area (Å²) in [6.07, 6.45) is 0. The molecule has 1 aliphatic heterocycles. The standard InChI is InChI=1S/C18H27ClN2O2/c1-17(2,3)21-12-10-20(11-13-21)16(22)18(4,5)23-15-8-6-14(19)7-9-15/h6-9H,10-13H2,1-5H3. The van der Waals surface area contributed by atoms with Gasteiger partial charge < -0.3 is 9.64 Å². The fraction of sp³-hybridized carbons (Fsp3) is 0.611. The van der Waals surface area contributed by atoms with Gasteiger partial charge in [0.1, 0.15) is 5.75 Å². The summed E-state index contributed by atoms with van der Waals surface area (Å²) in [5, 5.41) is 0.653. The Balaban J connectivity index is 1.98. The molecule has 0 bridgehead atoms. The summed E-state index contributed by atoms with van der Waals surface area (Å²) < 4.78 is 5.90. The van der Waals surface area contributed by atoms with Gasteiger partial charge in [0, 0.05) is 36.7 Å². The summed E-state index contributed by atoms with van der Waals surface area (Å²) in [7, 11) is 0. The van der Waals surface area contributed by atoms with Crippen LogP contribution in [0.4, 0.5) is 0 Å². The van der Waals surface area contributed by atoms with Crippen molar-refractivity contribution >= 4 is 17.5 Å². The predicted molar refractivity (Wildman–Crippen MR) is 94.1 cm³/mol. The lowest BCUT2D eigenvalue weighted by Gasteiger charge is -2.43. The first-order chi connectivity index (χ1) is 10.6. The molecule has 0 spiro atoms. The Labute approximate surface area is 144 Å². The molecule has 128 valence electrons. The number of hydrogen-bond donors (Lipinski definition) is 0. The molecule has 1 aliphatic rings. The summed E-state index contributed by atoms with van der Waals surface area (Å²) in [4.78, 5) is 17.1. The van der Waals surface area contributed by atoms with Crippen LogP contribution in [0, 0.1) is 0 Å². The van der Waals surface area contributed by atoms with E-state index in [1.54, 1.807) is 24.3 Å². The number of amides is 1. The number of halogens is 1. The van der Waals surface area contributed by atoms with Crippen molar-refractivity contribution in [1.29, 1.82) is 0 Å². The highest BCUT2D eigenvalue weighted by Crippen LogP contribution is 2.23. The molecule has 0 aliphatic carbocycles. The van der Waals surface area contributed by atoms with Crippen LogP contribution in [0.1, 0.15) is 34.6 Å². The van der Waals surface area contributed by atoms with E-state index in [9.17, 15) is 4.79 Å². The Kier molecular flexibility index (Phi) is 5.27. The van der Waals surface area contributed by atoms with E-state index < -0.39 is 5.60 Å². The quantitative estimate of drug-likeness (QED) is 0.846. The van der Waals surface area contributed by atoms with Gasteiger partial charge >= 0.3 is 0 Å². The molecular weight excluding hydrogens is 312 g/mol. The second-order valence-corrected chi connectivity index (χ2v) is 7.95. The fourth-order valence-electron chi connectivity index (χ4n) is 2.80. The Hall–Kier alpha value is -1.26. The second-order valence-electron chi connectivity index (χ2n) is 7.52. The van der Waals surface area contributed by atoms with Gasteiger partial charge in [0.2, 0.25) is 0 Å². The highest BCUT2D eigenvalue weighted by Gasteiger charge is 2.37. The van der Waals surface area contributed by atoms with Crippen LogP contribution in [-0.2, 0) is 4.79 Å². The molecule has 2 rings (SSSR count). The normalized spacial score (nSPS) is 17.2. The molecule has 5 heteroatoms. The SMILES string of the molecule is CC(C)(Oc1ccc(Cl)cc1)C(=O)N1CCN(C(C)(C)C)CC1. The maximum absolute atomic E-state index is 12.8. The van der Waals surface area contributed by atoms with Gasteiger partial charge in [0.25, 0.3) is 5.91 Å². The van der Waals surface area contributed by atoms with Crippen LogP contribution in [-0.4, -0.2) is 53.0 Å². The minimum atomic E-state index is -0.891. The minimum Gasteiger partial charge on any atom is -0.478 e. The fourth-order valence-corrected chi connectivity index (χ4v) is 2.93. The summed E-state index contributed by atoms with van der Waals surface area (Å²) in [6.45, 7) is 13.5. The lowest BCUT2D eigenvalue weighted by Crippen LogP contribution is -2.58. The summed E-state index contributed by atoms with van der Waals surface area (Å²) in [5.41, 5.74) is -0.748. The van der Waals surface area contributed by atoms with Crippen molar-refractivity contribution < 1.29 is 9.53 Å². The van der Waals surface area contributed by atoms with Crippen molar-refractivity contribution in [1.82, 2.24) is 9.80 Å². The second kappa shape index (κ2) is 6.70. The van der Waals surface area contributed by atoms with Crippen molar-refractivity contribution in [2.45, 2.75) is 45.8 Å². The third kappa shape index (κ3) is 4.61. The molecule has 0 atom stereocenters. The molecule has 0 saturated carbocycles. The van der Waals surface area contributed by atoms with Crippen LogP contribution < -0.4 is 4.74 Å². The predicted octanol–water partition coefficient (Wildman–Crippen LogP) is 3.44. The van der Waals surface area contributed by atoms with E-state index in [0.717, 1.165) is 26.2 Å². The zero-order chi connectivity index (χ0) is 17.3. The molecule has 0 aromatic heterocycles. The number of rotatable bonds is 3. The molecule has 1 saturated heterocycles. The Morgan fingerprint density at radius 1 is 1.00 bits per heavy atom. The maximum Gasteiger partial charge on any atom is 0.266 e. The highest BCUT2D eigenvalue weighted by atomic mass is 35.5. The molecule has 0 radical (unpaired) electrons. The summed E-state index contributed by atoms with van der Waals surface area (Å²) in [6, 6.07) is 7.10. The van der Waals surface area contributed by atoms with E-state index in [2.05, 4.69) is 25.7 Å². The van der Waals surface area contributed by atoms with Gasteiger partial charge in [-0.1, -0.05) is 11.6 Å². The Morgan fingerprint density at radius 3 is 2.00 bits per heavy atom. The van der Waals surface area contributed by atoms with Gasteiger partial charge in [-0.05, 0) is 58.9 Å². The highest BCUT2D eigenvalue weighted by molar-refractivity contribution is 6.30. The average molecular weight is 339 g/mol. The van der Waals surface area contributed by atoms with Crippen LogP contribution in [0.2, 0.25) is 5.02 Å². The number of ether oxygens (including phenoxy) is 1. The van der Waals surface area contributed by atoms with Crippen LogP contribution in [0.5, 0.6) is 5.75 Å². The van der Waals surface area contributed by atoms with Crippen molar-refractivity contribution in [3.8, 4) is 5.75 Å².